The molecule has 1 heterocycles. The highest BCUT2D eigenvalue weighted by atomic mass is 19.4. The van der Waals surface area contributed by atoms with Crippen molar-refractivity contribution in [2.75, 3.05) is 6.54 Å². The van der Waals surface area contributed by atoms with Gasteiger partial charge in [-0.2, -0.15) is 13.2 Å². The van der Waals surface area contributed by atoms with Gasteiger partial charge in [-0.1, -0.05) is 34.6 Å². The molecule has 0 spiro atoms. The molecule has 1 aliphatic heterocycles. The quantitative estimate of drug-likeness (QED) is 0.797. The fourth-order valence-corrected chi connectivity index (χ4v) is 3.82. The van der Waals surface area contributed by atoms with E-state index in [1.165, 1.54) is 20.8 Å². The maximum Gasteiger partial charge on any atom is 0.471 e. The number of rotatable bonds is 3. The predicted molar refractivity (Wildman–Crippen MR) is 81.3 cm³/mol. The van der Waals surface area contributed by atoms with Gasteiger partial charge >= 0.3 is 18.1 Å². The molecule has 2 rings (SSSR count). The van der Waals surface area contributed by atoms with Crippen LogP contribution in [-0.2, 0) is 14.4 Å². The largest absolute Gasteiger partial charge is 0.480 e. The number of likely N-dealkylation sites (tertiary alicyclic amines) is 1. The number of carbonyl (C=O) groups excluding carboxylic acids is 2. The Balaban J connectivity index is 2.26. The van der Waals surface area contributed by atoms with Gasteiger partial charge in [0.05, 0.1) is 0 Å². The van der Waals surface area contributed by atoms with Crippen LogP contribution in [0.2, 0.25) is 0 Å². The molecule has 9 heteroatoms. The molecule has 0 radical (unpaired) electrons. The lowest BCUT2D eigenvalue weighted by atomic mass is 9.85. The summed E-state index contributed by atoms with van der Waals surface area (Å²) >= 11 is 0. The average Bonchev–Trinajstić information content (AvgIpc) is 2.82. The molecule has 3 unspecified atom stereocenters. The van der Waals surface area contributed by atoms with E-state index in [-0.39, 0.29) is 23.8 Å². The van der Waals surface area contributed by atoms with Crippen LogP contribution < -0.4 is 5.32 Å². The Morgan fingerprint density at radius 1 is 1.20 bits per heavy atom. The average molecular weight is 364 g/mol. The van der Waals surface area contributed by atoms with E-state index < -0.39 is 41.5 Å². The van der Waals surface area contributed by atoms with Crippen LogP contribution in [0.25, 0.3) is 0 Å². The standard InChI is InChI=1S/C16H23F3N2O4/c1-14(2,3)10(20-13(25)16(17,18)19)11(22)21-6-7-8(15(7,4)5)9(21)12(23)24/h7-10H,6H2,1-5H3,(H,20,25)(H,23,24)/t7?,8?,9-,10?/m0/s1. The first-order valence-electron chi connectivity index (χ1n) is 8.01. The molecule has 25 heavy (non-hydrogen) atoms. The third-order valence-corrected chi connectivity index (χ3v) is 5.39. The van der Waals surface area contributed by atoms with Gasteiger partial charge in [0.15, 0.2) is 0 Å². The molecule has 1 aliphatic carbocycles. The van der Waals surface area contributed by atoms with Crippen LogP contribution in [0, 0.1) is 22.7 Å². The van der Waals surface area contributed by atoms with Crippen molar-refractivity contribution in [1.29, 1.82) is 0 Å². The summed E-state index contributed by atoms with van der Waals surface area (Å²) in [6.45, 7) is 8.54. The van der Waals surface area contributed by atoms with E-state index in [0.717, 1.165) is 4.90 Å². The van der Waals surface area contributed by atoms with Crippen molar-refractivity contribution < 1.29 is 32.7 Å². The van der Waals surface area contributed by atoms with Gasteiger partial charge in [-0.3, -0.25) is 9.59 Å². The summed E-state index contributed by atoms with van der Waals surface area (Å²) in [6.07, 6.45) is -5.12. The molecule has 2 aliphatic rings. The summed E-state index contributed by atoms with van der Waals surface area (Å²) in [5.74, 6) is -4.41. The third kappa shape index (κ3) is 3.32. The topological polar surface area (TPSA) is 86.7 Å². The lowest BCUT2D eigenvalue weighted by Crippen LogP contribution is -2.59. The number of carboxylic acids is 1. The normalized spacial score (nSPS) is 29.0. The van der Waals surface area contributed by atoms with E-state index in [1.807, 2.05) is 13.8 Å². The second kappa shape index (κ2) is 5.60. The molecule has 0 aromatic carbocycles. The molecular formula is C16H23F3N2O4. The fourth-order valence-electron chi connectivity index (χ4n) is 3.82. The van der Waals surface area contributed by atoms with Crippen molar-refractivity contribution in [3.63, 3.8) is 0 Å². The highest BCUT2D eigenvalue weighted by molar-refractivity contribution is 5.93. The minimum Gasteiger partial charge on any atom is -0.480 e. The first kappa shape index (κ1) is 19.5. The maximum atomic E-state index is 12.8. The number of nitrogens with one attached hydrogen (secondary N) is 1. The van der Waals surface area contributed by atoms with Crippen molar-refractivity contribution in [2.45, 2.75) is 52.9 Å². The summed E-state index contributed by atoms with van der Waals surface area (Å²) in [6, 6.07) is -2.55. The van der Waals surface area contributed by atoms with Gasteiger partial charge < -0.3 is 15.3 Å². The van der Waals surface area contributed by atoms with Crippen LogP contribution in [0.3, 0.4) is 0 Å². The summed E-state index contributed by atoms with van der Waals surface area (Å²) in [7, 11) is 0. The van der Waals surface area contributed by atoms with Gasteiger partial charge in [0.25, 0.3) is 0 Å². The van der Waals surface area contributed by atoms with Crippen LogP contribution >= 0.6 is 0 Å². The molecule has 2 N–H and O–H groups in total. The van der Waals surface area contributed by atoms with Crippen LogP contribution in [0.15, 0.2) is 0 Å². The summed E-state index contributed by atoms with van der Waals surface area (Å²) in [4.78, 5) is 36.9. The Hall–Kier alpha value is -1.80. The Morgan fingerprint density at radius 3 is 2.12 bits per heavy atom. The number of carboxylic acid groups (broad SMARTS) is 1. The van der Waals surface area contributed by atoms with Crippen molar-refractivity contribution >= 4 is 17.8 Å². The van der Waals surface area contributed by atoms with Crippen LogP contribution in [0.5, 0.6) is 0 Å². The predicted octanol–water partition coefficient (Wildman–Crippen LogP) is 1.65. The highest BCUT2D eigenvalue weighted by Gasteiger charge is 2.70. The minimum atomic E-state index is -5.12. The molecule has 0 aromatic rings. The molecule has 142 valence electrons. The lowest BCUT2D eigenvalue weighted by molar-refractivity contribution is -0.176. The van der Waals surface area contributed by atoms with Gasteiger partial charge in [-0.05, 0) is 16.7 Å². The molecule has 4 atom stereocenters. The van der Waals surface area contributed by atoms with E-state index in [0.29, 0.717) is 0 Å². The van der Waals surface area contributed by atoms with Gasteiger partial charge in [0.2, 0.25) is 5.91 Å². The number of aliphatic carboxylic acids is 1. The van der Waals surface area contributed by atoms with Gasteiger partial charge in [-0.15, -0.1) is 0 Å². The Labute approximate surface area is 143 Å². The number of carbonyl (C=O) groups is 3. The van der Waals surface area contributed by atoms with Gasteiger partial charge in [-0.25, -0.2) is 4.79 Å². The Kier molecular flexibility index (Phi) is 4.38. The first-order valence-corrected chi connectivity index (χ1v) is 8.01. The number of fused-ring (bicyclic) bond motifs is 1. The van der Waals surface area contributed by atoms with E-state index in [2.05, 4.69) is 0 Å². The van der Waals surface area contributed by atoms with Crippen molar-refractivity contribution in [2.24, 2.45) is 22.7 Å². The third-order valence-electron chi connectivity index (χ3n) is 5.39. The van der Waals surface area contributed by atoms with E-state index in [1.54, 1.807) is 5.32 Å². The van der Waals surface area contributed by atoms with Gasteiger partial charge in [0, 0.05) is 12.5 Å². The molecule has 0 bridgehead atoms. The summed E-state index contributed by atoms with van der Waals surface area (Å²) < 4.78 is 37.7. The summed E-state index contributed by atoms with van der Waals surface area (Å²) in [5, 5.41) is 11.2. The van der Waals surface area contributed by atoms with Crippen LogP contribution in [0.1, 0.15) is 34.6 Å². The molecule has 1 saturated carbocycles. The maximum absolute atomic E-state index is 12.8. The fraction of sp³-hybridized carbons (Fsp3) is 0.812. The number of alkyl halides is 3. The van der Waals surface area contributed by atoms with Crippen LogP contribution in [-0.4, -0.2) is 52.6 Å². The number of halogens is 3. The molecule has 2 amide bonds. The number of amides is 2. The zero-order valence-corrected chi connectivity index (χ0v) is 14.8. The molecule has 0 aromatic heterocycles. The Bertz CT molecular complexity index is 609. The smallest absolute Gasteiger partial charge is 0.471 e. The first-order chi connectivity index (χ1) is 11.1. The van der Waals surface area contributed by atoms with Gasteiger partial charge in [0.1, 0.15) is 12.1 Å². The van der Waals surface area contributed by atoms with E-state index in [9.17, 15) is 32.7 Å². The highest BCUT2D eigenvalue weighted by Crippen LogP contribution is 2.65. The van der Waals surface area contributed by atoms with Crippen molar-refractivity contribution in [3.05, 3.63) is 0 Å². The molecule has 1 saturated heterocycles. The van der Waals surface area contributed by atoms with E-state index in [4.69, 9.17) is 0 Å². The molecule has 6 nitrogen and oxygen atoms in total. The number of piperidine rings is 1. The zero-order valence-electron chi connectivity index (χ0n) is 14.8. The second-order valence-corrected chi connectivity index (χ2v) is 8.50. The number of nitrogens with zero attached hydrogens (tertiary/aromatic N) is 1. The minimum absolute atomic E-state index is 0.00325. The number of hydrogen-bond donors (Lipinski definition) is 2. The van der Waals surface area contributed by atoms with Crippen LogP contribution in [0.4, 0.5) is 13.2 Å². The van der Waals surface area contributed by atoms with Crippen molar-refractivity contribution in [3.8, 4) is 0 Å². The monoisotopic (exact) mass is 364 g/mol. The zero-order chi connectivity index (χ0) is 19.5. The Morgan fingerprint density at radius 2 is 1.72 bits per heavy atom. The number of hydrogen-bond acceptors (Lipinski definition) is 3. The van der Waals surface area contributed by atoms with Crippen molar-refractivity contribution in [1.82, 2.24) is 10.2 Å². The second-order valence-electron chi connectivity index (χ2n) is 8.50. The summed E-state index contributed by atoms with van der Waals surface area (Å²) in [5.41, 5.74) is -1.23. The SMILES string of the molecule is CC(C)(C)C(NC(=O)C(F)(F)F)C(=O)N1CC2C([C@H]1C(=O)O)C2(C)C. The molecule has 2 fully saturated rings. The molecular weight excluding hydrogens is 341 g/mol. The van der Waals surface area contributed by atoms with E-state index >= 15 is 0 Å². The lowest BCUT2D eigenvalue weighted by Gasteiger charge is -2.36.